The molecule has 0 aliphatic heterocycles. The van der Waals surface area contributed by atoms with Gasteiger partial charge in [0.2, 0.25) is 0 Å². The molecule has 20 heavy (non-hydrogen) atoms. The summed E-state index contributed by atoms with van der Waals surface area (Å²) in [6, 6.07) is 0. The van der Waals surface area contributed by atoms with Gasteiger partial charge in [-0.3, -0.25) is 0 Å². The summed E-state index contributed by atoms with van der Waals surface area (Å²) >= 11 is -2.35. The quantitative estimate of drug-likeness (QED) is 0.405. The van der Waals surface area contributed by atoms with Crippen molar-refractivity contribution in [3.63, 3.8) is 0 Å². The molecule has 0 aliphatic rings. The summed E-state index contributed by atoms with van der Waals surface area (Å²) < 4.78 is 5.58. The van der Waals surface area contributed by atoms with Crippen LogP contribution >= 0.6 is 0 Å². The molecule has 118 valence electrons. The van der Waals surface area contributed by atoms with E-state index in [-0.39, 0.29) is 6.42 Å². The molecule has 1 N–H and O–H groups in total. The minimum atomic E-state index is -2.35. The maximum absolute atomic E-state index is 10.9. The molecule has 0 rings (SSSR count). The average Bonchev–Trinajstić information content (AvgIpc) is 2.44. The molecule has 0 aromatic heterocycles. The van der Waals surface area contributed by atoms with Gasteiger partial charge in [-0.1, -0.05) is 0 Å². The first-order chi connectivity index (χ1) is 9.52. The van der Waals surface area contributed by atoms with E-state index in [0.717, 1.165) is 6.42 Å². The van der Waals surface area contributed by atoms with Crippen LogP contribution in [-0.4, -0.2) is 29.5 Å². The Morgan fingerprint density at radius 3 is 1.60 bits per heavy atom. The Morgan fingerprint density at radius 2 is 1.30 bits per heavy atom. The number of hydrogen-bond donors (Lipinski definition) is 1. The molecule has 3 heteroatoms. The van der Waals surface area contributed by atoms with E-state index in [0.29, 0.717) is 0 Å². The van der Waals surface area contributed by atoms with Crippen molar-refractivity contribution >= 4 is 24.3 Å². The van der Waals surface area contributed by atoms with Crippen molar-refractivity contribution in [2.45, 2.75) is 85.4 Å². The molecular formula is C17H34O2Sn. The second-order valence-electron chi connectivity index (χ2n) is 6.09. The van der Waals surface area contributed by atoms with Gasteiger partial charge < -0.3 is 0 Å². The first kappa shape index (κ1) is 20.0. The van der Waals surface area contributed by atoms with Gasteiger partial charge in [0.1, 0.15) is 0 Å². The van der Waals surface area contributed by atoms with Crippen LogP contribution in [0.5, 0.6) is 0 Å². The van der Waals surface area contributed by atoms with Gasteiger partial charge in [0.25, 0.3) is 0 Å². The fourth-order valence-corrected chi connectivity index (χ4v) is 18.8. The molecule has 0 bridgehead atoms. The van der Waals surface area contributed by atoms with Crippen molar-refractivity contribution in [1.82, 2.24) is 0 Å². The number of carboxylic acids is 1. The zero-order chi connectivity index (χ0) is 15.4. The summed E-state index contributed by atoms with van der Waals surface area (Å²) in [4.78, 5) is 10.9. The van der Waals surface area contributed by atoms with E-state index in [9.17, 15) is 4.79 Å². The van der Waals surface area contributed by atoms with Crippen LogP contribution in [0.3, 0.4) is 0 Å². The summed E-state index contributed by atoms with van der Waals surface area (Å²) in [5.41, 5.74) is 0. The molecule has 0 aliphatic carbocycles. The third-order valence-electron chi connectivity index (χ3n) is 4.42. The van der Waals surface area contributed by atoms with Gasteiger partial charge in [-0.25, -0.2) is 0 Å². The minimum absolute atomic E-state index is 0.280. The van der Waals surface area contributed by atoms with E-state index in [2.05, 4.69) is 27.4 Å². The summed E-state index contributed by atoms with van der Waals surface area (Å²) in [7, 11) is 0. The summed E-state index contributed by atoms with van der Waals surface area (Å²) in [6.07, 6.45) is 8.72. The van der Waals surface area contributed by atoms with Gasteiger partial charge >= 0.3 is 130 Å². The number of rotatable bonds is 13. The number of unbranched alkanes of at least 4 members (excludes halogenated alkanes) is 3. The molecule has 0 fully saturated rings. The first-order valence-electron chi connectivity index (χ1n) is 8.42. The van der Waals surface area contributed by atoms with E-state index in [1.807, 2.05) is 0 Å². The van der Waals surface area contributed by atoms with Crippen molar-refractivity contribution < 1.29 is 9.90 Å². The zero-order valence-corrected chi connectivity index (χ0v) is 16.7. The van der Waals surface area contributed by atoms with Gasteiger partial charge in [-0.15, -0.1) is 0 Å². The van der Waals surface area contributed by atoms with Gasteiger partial charge in [-0.05, 0) is 0 Å². The predicted octanol–water partition coefficient (Wildman–Crippen LogP) is 5.80. The molecule has 0 atom stereocenters. The molecule has 0 radical (unpaired) electrons. The van der Waals surface area contributed by atoms with E-state index in [4.69, 9.17) is 5.11 Å². The van der Waals surface area contributed by atoms with Crippen LogP contribution in [-0.2, 0) is 4.79 Å². The van der Waals surface area contributed by atoms with Gasteiger partial charge in [0.15, 0.2) is 0 Å². The van der Waals surface area contributed by atoms with Crippen LogP contribution in [0.1, 0.15) is 72.1 Å². The fourth-order valence-electron chi connectivity index (χ4n) is 2.97. The summed E-state index contributed by atoms with van der Waals surface area (Å²) in [6.45, 7) is 11.2. The Labute approximate surface area is 129 Å². The first-order valence-corrected chi connectivity index (χ1v) is 15.9. The third-order valence-corrected chi connectivity index (χ3v) is 20.6. The molecule has 0 amide bonds. The summed E-state index contributed by atoms with van der Waals surface area (Å²) in [5, 5.41) is 8.94. The van der Waals surface area contributed by atoms with E-state index in [1.165, 1.54) is 55.4 Å². The molecule has 0 heterocycles. The Morgan fingerprint density at radius 1 is 0.900 bits per heavy atom. The Bertz CT molecular complexity index is 265. The second kappa shape index (κ2) is 11.6. The number of hydrogen-bond acceptors (Lipinski definition) is 1. The van der Waals surface area contributed by atoms with Crippen LogP contribution in [0.2, 0.25) is 13.3 Å². The second-order valence-corrected chi connectivity index (χ2v) is 19.7. The molecule has 0 aromatic carbocycles. The standard InChI is InChI=1S/C5H7O2.3C4H9.Sn/c1-2-3-4-5(6)7;3*1-3-4-2;/h1,3-4H2,(H,6,7);3*1,3-4H2,2H3;. The molecule has 2 nitrogen and oxygen atoms in total. The fraction of sp³-hybridized carbons (Fsp3) is 0.824. The summed E-state index contributed by atoms with van der Waals surface area (Å²) in [5.74, 6) is -0.673. The monoisotopic (exact) mass is 390 g/mol. The molecule has 0 saturated heterocycles. The van der Waals surface area contributed by atoms with Gasteiger partial charge in [-0.2, -0.15) is 0 Å². The molecule has 0 spiro atoms. The zero-order valence-electron chi connectivity index (χ0n) is 13.8. The Balaban J connectivity index is 4.89. The molecular weight excluding hydrogens is 355 g/mol. The van der Waals surface area contributed by atoms with Crippen LogP contribution in [0.25, 0.3) is 0 Å². The van der Waals surface area contributed by atoms with Crippen LogP contribution < -0.4 is 0 Å². The SMILES string of the molecule is C=[C](CCC(=O)O)[Sn]([CH2]CCC)([CH2]CCC)[CH2]CCC. The van der Waals surface area contributed by atoms with Crippen molar-refractivity contribution in [2.75, 3.05) is 0 Å². The van der Waals surface area contributed by atoms with E-state index >= 15 is 0 Å². The normalized spacial score (nSPS) is 11.6. The molecule has 0 saturated carbocycles. The van der Waals surface area contributed by atoms with Gasteiger partial charge in [0, 0.05) is 0 Å². The van der Waals surface area contributed by atoms with Crippen molar-refractivity contribution in [3.8, 4) is 0 Å². The topological polar surface area (TPSA) is 37.3 Å². The third kappa shape index (κ3) is 7.70. The number of aliphatic carboxylic acids is 1. The van der Waals surface area contributed by atoms with Gasteiger partial charge in [0.05, 0.1) is 0 Å². The van der Waals surface area contributed by atoms with Crippen LogP contribution in [0, 0.1) is 0 Å². The number of allylic oxidation sites excluding steroid dienone is 1. The van der Waals surface area contributed by atoms with Crippen LogP contribution in [0.15, 0.2) is 10.2 Å². The number of carboxylic acid groups (broad SMARTS) is 1. The average molecular weight is 389 g/mol. The molecule has 0 unspecified atom stereocenters. The van der Waals surface area contributed by atoms with E-state index < -0.39 is 24.3 Å². The van der Waals surface area contributed by atoms with Crippen molar-refractivity contribution in [3.05, 3.63) is 10.2 Å². The Hall–Kier alpha value is 0.00870. The predicted molar refractivity (Wildman–Crippen MR) is 90.9 cm³/mol. The van der Waals surface area contributed by atoms with E-state index in [1.54, 1.807) is 0 Å². The van der Waals surface area contributed by atoms with Crippen LogP contribution in [0.4, 0.5) is 0 Å². The Kier molecular flexibility index (Phi) is 11.6. The molecule has 0 aromatic rings. The van der Waals surface area contributed by atoms with Crippen molar-refractivity contribution in [1.29, 1.82) is 0 Å². The van der Waals surface area contributed by atoms with Crippen molar-refractivity contribution in [2.24, 2.45) is 0 Å². The number of carbonyl (C=O) groups is 1. The maximum atomic E-state index is 10.9.